The lowest BCUT2D eigenvalue weighted by atomic mass is 10.2. The van der Waals surface area contributed by atoms with E-state index in [1.165, 1.54) is 18.2 Å². The minimum Gasteiger partial charge on any atom is -0.482 e. The van der Waals surface area contributed by atoms with Crippen molar-refractivity contribution in [3.05, 3.63) is 52.3 Å². The number of carbonyl (C=O) groups is 3. The Morgan fingerprint density at radius 3 is 2.39 bits per heavy atom. The van der Waals surface area contributed by atoms with E-state index in [0.717, 1.165) is 0 Å². The standard InChI is InChI=1S/C22H26ClN3O5/c1-5-26(6-2)20(27)13-31-19-11-8-15(12-17(19)23)25-21(28)18-10-9-16(14(4)24-18)22(29)30-7-3/h8-12H,5-7,13H2,1-4H3,(H,25,28). The average molecular weight is 448 g/mol. The minimum absolute atomic E-state index is 0.122. The summed E-state index contributed by atoms with van der Waals surface area (Å²) in [5.41, 5.74) is 1.28. The van der Waals surface area contributed by atoms with E-state index in [2.05, 4.69) is 10.3 Å². The minimum atomic E-state index is -0.485. The third-order valence-corrected chi connectivity index (χ3v) is 4.77. The molecule has 0 saturated heterocycles. The summed E-state index contributed by atoms with van der Waals surface area (Å²) in [4.78, 5) is 42.3. The largest absolute Gasteiger partial charge is 0.482 e. The fourth-order valence-electron chi connectivity index (χ4n) is 2.81. The molecular formula is C22H26ClN3O5. The van der Waals surface area contributed by atoms with Crippen molar-refractivity contribution in [3.8, 4) is 5.75 Å². The highest BCUT2D eigenvalue weighted by molar-refractivity contribution is 6.32. The van der Waals surface area contributed by atoms with Gasteiger partial charge in [0.05, 0.1) is 22.9 Å². The van der Waals surface area contributed by atoms with Crippen molar-refractivity contribution in [2.24, 2.45) is 0 Å². The topological polar surface area (TPSA) is 97.8 Å². The van der Waals surface area contributed by atoms with E-state index in [0.29, 0.717) is 35.8 Å². The molecule has 2 rings (SSSR count). The van der Waals surface area contributed by atoms with Crippen LogP contribution in [0.3, 0.4) is 0 Å². The molecule has 8 nitrogen and oxygen atoms in total. The molecule has 2 aromatic rings. The Morgan fingerprint density at radius 2 is 1.81 bits per heavy atom. The number of aryl methyl sites for hydroxylation is 1. The maximum absolute atomic E-state index is 12.5. The van der Waals surface area contributed by atoms with E-state index >= 15 is 0 Å². The fourth-order valence-corrected chi connectivity index (χ4v) is 3.05. The number of benzene rings is 1. The Labute approximate surface area is 186 Å². The smallest absolute Gasteiger partial charge is 0.339 e. The Balaban J connectivity index is 2.04. The first-order valence-electron chi connectivity index (χ1n) is 9.96. The third kappa shape index (κ3) is 6.42. The van der Waals surface area contributed by atoms with E-state index in [1.807, 2.05) is 13.8 Å². The van der Waals surface area contributed by atoms with Crippen molar-refractivity contribution < 1.29 is 23.9 Å². The zero-order valence-corrected chi connectivity index (χ0v) is 18.8. The summed E-state index contributed by atoms with van der Waals surface area (Å²) in [6, 6.07) is 7.67. The van der Waals surface area contributed by atoms with Crippen LogP contribution in [-0.2, 0) is 9.53 Å². The second-order valence-corrected chi connectivity index (χ2v) is 6.91. The predicted molar refractivity (Wildman–Crippen MR) is 118 cm³/mol. The van der Waals surface area contributed by atoms with Crippen molar-refractivity contribution >= 4 is 35.1 Å². The lowest BCUT2D eigenvalue weighted by Gasteiger charge is -2.19. The van der Waals surface area contributed by atoms with Crippen LogP contribution in [0, 0.1) is 6.92 Å². The average Bonchev–Trinajstić information content (AvgIpc) is 2.74. The van der Waals surface area contributed by atoms with Gasteiger partial charge >= 0.3 is 5.97 Å². The Kier molecular flexibility index (Phi) is 8.81. The Bertz CT molecular complexity index is 960. The Morgan fingerprint density at radius 1 is 1.10 bits per heavy atom. The zero-order valence-electron chi connectivity index (χ0n) is 18.0. The number of nitrogens with one attached hydrogen (secondary N) is 1. The number of likely N-dealkylation sites (N-methyl/N-ethyl adjacent to an activating group) is 1. The molecule has 0 aliphatic carbocycles. The number of halogens is 1. The van der Waals surface area contributed by atoms with Gasteiger partial charge in [0.1, 0.15) is 11.4 Å². The number of hydrogen-bond acceptors (Lipinski definition) is 6. The van der Waals surface area contributed by atoms with E-state index in [4.69, 9.17) is 21.1 Å². The van der Waals surface area contributed by atoms with Gasteiger partial charge in [-0.3, -0.25) is 9.59 Å². The first-order valence-corrected chi connectivity index (χ1v) is 10.3. The van der Waals surface area contributed by atoms with Crippen LogP contribution in [0.5, 0.6) is 5.75 Å². The van der Waals surface area contributed by atoms with Crippen LogP contribution in [0.15, 0.2) is 30.3 Å². The molecule has 0 fully saturated rings. The van der Waals surface area contributed by atoms with Gasteiger partial charge in [-0.15, -0.1) is 0 Å². The summed E-state index contributed by atoms with van der Waals surface area (Å²) in [7, 11) is 0. The highest BCUT2D eigenvalue weighted by Gasteiger charge is 2.16. The van der Waals surface area contributed by atoms with Crippen LogP contribution in [0.1, 0.15) is 47.3 Å². The number of esters is 1. The van der Waals surface area contributed by atoms with Crippen LogP contribution in [0.25, 0.3) is 0 Å². The maximum atomic E-state index is 12.5. The molecule has 1 aromatic heterocycles. The highest BCUT2D eigenvalue weighted by Crippen LogP contribution is 2.28. The van der Waals surface area contributed by atoms with Gasteiger partial charge in [-0.25, -0.2) is 9.78 Å². The van der Waals surface area contributed by atoms with E-state index in [-0.39, 0.29) is 29.8 Å². The van der Waals surface area contributed by atoms with E-state index in [1.54, 1.807) is 30.9 Å². The van der Waals surface area contributed by atoms with Gasteiger partial charge in [-0.05, 0) is 58.0 Å². The number of anilines is 1. The van der Waals surface area contributed by atoms with Gasteiger partial charge in [0, 0.05) is 18.8 Å². The molecular weight excluding hydrogens is 422 g/mol. The molecule has 2 amide bonds. The number of pyridine rings is 1. The first kappa shape index (κ1) is 24.1. The van der Waals surface area contributed by atoms with Crippen LogP contribution in [0.4, 0.5) is 5.69 Å². The predicted octanol–water partition coefficient (Wildman–Crippen LogP) is 3.72. The van der Waals surface area contributed by atoms with Crippen LogP contribution in [0.2, 0.25) is 5.02 Å². The van der Waals surface area contributed by atoms with Crippen LogP contribution >= 0.6 is 11.6 Å². The fraction of sp³-hybridized carbons (Fsp3) is 0.364. The summed E-state index contributed by atoms with van der Waals surface area (Å²) in [5, 5.41) is 2.95. The van der Waals surface area contributed by atoms with Gasteiger partial charge in [0.2, 0.25) is 0 Å². The molecule has 31 heavy (non-hydrogen) atoms. The molecule has 1 N–H and O–H groups in total. The van der Waals surface area contributed by atoms with Crippen LogP contribution in [-0.4, -0.2) is 54.0 Å². The summed E-state index contributed by atoms with van der Waals surface area (Å²) in [5.74, 6) is -0.736. The van der Waals surface area contributed by atoms with Crippen LogP contribution < -0.4 is 10.1 Å². The number of carbonyl (C=O) groups excluding carboxylic acids is 3. The molecule has 0 unspecified atom stereocenters. The van der Waals surface area contributed by atoms with E-state index in [9.17, 15) is 14.4 Å². The van der Waals surface area contributed by atoms with Crippen molar-refractivity contribution in [1.82, 2.24) is 9.88 Å². The second kappa shape index (κ2) is 11.3. The van der Waals surface area contributed by atoms with Gasteiger partial charge in [0.25, 0.3) is 11.8 Å². The first-order chi connectivity index (χ1) is 14.8. The molecule has 0 saturated carbocycles. The van der Waals surface area contributed by atoms with Crippen molar-refractivity contribution in [2.45, 2.75) is 27.7 Å². The Hall–Kier alpha value is -3.13. The van der Waals surface area contributed by atoms with Crippen molar-refractivity contribution in [3.63, 3.8) is 0 Å². The number of hydrogen-bond donors (Lipinski definition) is 1. The van der Waals surface area contributed by atoms with Gasteiger partial charge in [0.15, 0.2) is 6.61 Å². The molecule has 0 spiro atoms. The number of amides is 2. The molecule has 1 aromatic carbocycles. The molecule has 0 aliphatic heterocycles. The van der Waals surface area contributed by atoms with Crippen molar-refractivity contribution in [2.75, 3.05) is 31.6 Å². The monoisotopic (exact) mass is 447 g/mol. The number of ether oxygens (including phenoxy) is 2. The van der Waals surface area contributed by atoms with Crippen molar-refractivity contribution in [1.29, 1.82) is 0 Å². The second-order valence-electron chi connectivity index (χ2n) is 6.50. The molecule has 9 heteroatoms. The molecule has 1 heterocycles. The lowest BCUT2D eigenvalue weighted by molar-refractivity contribution is -0.132. The van der Waals surface area contributed by atoms with Gasteiger partial charge in [-0.2, -0.15) is 0 Å². The summed E-state index contributed by atoms with van der Waals surface area (Å²) in [6.07, 6.45) is 0. The SMILES string of the molecule is CCOC(=O)c1ccc(C(=O)Nc2ccc(OCC(=O)N(CC)CC)c(Cl)c2)nc1C. The molecule has 166 valence electrons. The molecule has 0 bridgehead atoms. The quantitative estimate of drug-likeness (QED) is 0.588. The molecule has 0 radical (unpaired) electrons. The third-order valence-electron chi connectivity index (χ3n) is 4.47. The number of rotatable bonds is 9. The summed E-state index contributed by atoms with van der Waals surface area (Å²) < 4.78 is 10.5. The molecule has 0 aliphatic rings. The lowest BCUT2D eigenvalue weighted by Crippen LogP contribution is -2.34. The molecule has 0 atom stereocenters. The number of nitrogens with zero attached hydrogens (tertiary/aromatic N) is 2. The maximum Gasteiger partial charge on any atom is 0.339 e. The van der Waals surface area contributed by atoms with Gasteiger partial charge in [-0.1, -0.05) is 11.6 Å². The summed E-state index contributed by atoms with van der Waals surface area (Å²) in [6.45, 7) is 8.47. The van der Waals surface area contributed by atoms with Gasteiger partial charge < -0.3 is 19.7 Å². The highest BCUT2D eigenvalue weighted by atomic mass is 35.5. The normalized spacial score (nSPS) is 10.4. The van der Waals surface area contributed by atoms with E-state index < -0.39 is 11.9 Å². The summed E-state index contributed by atoms with van der Waals surface area (Å²) >= 11 is 6.23. The number of aromatic nitrogens is 1. The zero-order chi connectivity index (χ0) is 23.0.